The lowest BCUT2D eigenvalue weighted by molar-refractivity contribution is -0.956. The van der Waals surface area contributed by atoms with Gasteiger partial charge in [-0.25, -0.2) is 0 Å². The van der Waals surface area contributed by atoms with Crippen molar-refractivity contribution >= 4 is 17.7 Å². The Morgan fingerprint density at radius 2 is 1.93 bits per heavy atom. The first-order valence-electron chi connectivity index (χ1n) is 4.05. The van der Waals surface area contributed by atoms with Gasteiger partial charge in [-0.3, -0.25) is 24.5 Å². The van der Waals surface area contributed by atoms with Crippen LogP contribution in [0.4, 0.5) is 0 Å². The maximum Gasteiger partial charge on any atom is 0.288 e. The lowest BCUT2D eigenvalue weighted by Gasteiger charge is -2.39. The van der Waals surface area contributed by atoms with Gasteiger partial charge in [-0.1, -0.05) is 0 Å². The van der Waals surface area contributed by atoms with Crippen LogP contribution in [0.5, 0.6) is 0 Å². The molecule has 0 aromatic heterocycles. The zero-order valence-electron chi connectivity index (χ0n) is 7.94. The second-order valence-electron chi connectivity index (χ2n) is 3.00. The van der Waals surface area contributed by atoms with Crippen molar-refractivity contribution < 1.29 is 19.6 Å². The number of nitrogens with zero attached hydrogens (tertiary/aromatic N) is 2. The first-order chi connectivity index (χ1) is 6.43. The van der Waals surface area contributed by atoms with Crippen molar-refractivity contribution in [2.45, 2.75) is 13.8 Å². The number of hydrogen-bond donors (Lipinski definition) is 1. The fourth-order valence-electron chi connectivity index (χ4n) is 1.17. The van der Waals surface area contributed by atoms with Crippen LogP contribution in [0.25, 0.3) is 0 Å². The minimum absolute atomic E-state index is 0.262. The molecule has 1 fully saturated rings. The van der Waals surface area contributed by atoms with Crippen molar-refractivity contribution in [1.29, 1.82) is 0 Å². The largest absolute Gasteiger partial charge is 0.607 e. The molecule has 7 nitrogen and oxygen atoms in total. The second-order valence-corrected chi connectivity index (χ2v) is 3.00. The highest BCUT2D eigenvalue weighted by atomic mass is 16.6. The molecule has 1 heterocycles. The van der Waals surface area contributed by atoms with Gasteiger partial charge in [0.15, 0.2) is 13.2 Å². The van der Waals surface area contributed by atoms with E-state index >= 15 is 0 Å². The van der Waals surface area contributed by atoms with Crippen molar-refractivity contribution in [2.75, 3.05) is 13.2 Å². The molecule has 1 aliphatic heterocycles. The van der Waals surface area contributed by atoms with E-state index in [1.165, 1.54) is 13.8 Å². The molecule has 0 saturated carbocycles. The van der Waals surface area contributed by atoms with E-state index in [0.717, 1.165) is 9.91 Å². The summed E-state index contributed by atoms with van der Waals surface area (Å²) in [4.78, 5) is 33.9. The maximum atomic E-state index is 11.2. The number of imide groups is 1. The molecule has 0 aromatic carbocycles. The minimum atomic E-state index is -0.556. The molecule has 7 heteroatoms. The number of nitrogens with one attached hydrogen (secondary N) is 1. The molecule has 1 N–H and O–H groups in total. The van der Waals surface area contributed by atoms with Gasteiger partial charge in [0.05, 0.1) is 0 Å². The van der Waals surface area contributed by atoms with Gasteiger partial charge >= 0.3 is 0 Å². The fourth-order valence-corrected chi connectivity index (χ4v) is 1.17. The highest BCUT2D eigenvalue weighted by Crippen LogP contribution is 1.96. The highest BCUT2D eigenvalue weighted by molar-refractivity contribution is 5.95. The number of hydrogen-bond acceptors (Lipinski definition) is 4. The maximum absolute atomic E-state index is 11.2. The van der Waals surface area contributed by atoms with E-state index in [2.05, 4.69) is 0 Å². The van der Waals surface area contributed by atoms with Crippen molar-refractivity contribution in [2.24, 2.45) is 0 Å². The van der Waals surface area contributed by atoms with Gasteiger partial charge in [-0.2, -0.15) is 5.01 Å². The molecular formula is C7H11N3O4. The van der Waals surface area contributed by atoms with Crippen LogP contribution in [0.15, 0.2) is 0 Å². The summed E-state index contributed by atoms with van der Waals surface area (Å²) in [5, 5.41) is 11.5. The number of carbonyl (C=O) groups is 3. The molecule has 1 saturated heterocycles. The standard InChI is InChI=1S/C7H11N3O4/c1-5(11)8-4-9(6(2)12)10(14)3-7(8)13/h10H,3-4H2,1-2H3. The van der Waals surface area contributed by atoms with Gasteiger partial charge in [-0.05, 0) is 0 Å². The summed E-state index contributed by atoms with van der Waals surface area (Å²) in [6.45, 7) is 1.75. The first kappa shape index (κ1) is 10.6. The number of carbonyl (C=O) groups excluding carboxylic acids is 3. The molecule has 0 aliphatic carbocycles. The zero-order chi connectivity index (χ0) is 10.9. The lowest BCUT2D eigenvalue weighted by Crippen LogP contribution is -3.17. The van der Waals surface area contributed by atoms with Crippen molar-refractivity contribution in [3.05, 3.63) is 5.21 Å². The zero-order valence-corrected chi connectivity index (χ0v) is 7.94. The van der Waals surface area contributed by atoms with Crippen LogP contribution in [0.3, 0.4) is 0 Å². The molecule has 1 rings (SSSR count). The van der Waals surface area contributed by atoms with E-state index in [0.29, 0.717) is 0 Å². The van der Waals surface area contributed by atoms with E-state index in [-0.39, 0.29) is 6.67 Å². The molecule has 14 heavy (non-hydrogen) atoms. The second kappa shape index (κ2) is 3.72. The van der Waals surface area contributed by atoms with Gasteiger partial charge in [0.25, 0.3) is 11.8 Å². The fraction of sp³-hybridized carbons (Fsp3) is 0.571. The van der Waals surface area contributed by atoms with Crippen molar-refractivity contribution in [3.63, 3.8) is 0 Å². The van der Waals surface area contributed by atoms with Gasteiger partial charge in [-0.15, -0.1) is 0 Å². The Hall–Kier alpha value is -1.47. The third-order valence-electron chi connectivity index (χ3n) is 1.95. The van der Waals surface area contributed by atoms with E-state index in [9.17, 15) is 19.6 Å². The summed E-state index contributed by atoms with van der Waals surface area (Å²) >= 11 is 0. The average Bonchev–Trinajstić information content (AvgIpc) is 2.02. The normalized spacial score (nSPS) is 22.5. The summed E-state index contributed by atoms with van der Waals surface area (Å²) in [6, 6.07) is 0. The predicted octanol–water partition coefficient (Wildman–Crippen LogP) is -2.52. The molecule has 0 bridgehead atoms. The summed E-state index contributed by atoms with van der Waals surface area (Å²) in [6.07, 6.45) is 0. The predicted molar refractivity (Wildman–Crippen MR) is 44.1 cm³/mol. The Morgan fingerprint density at radius 3 is 2.36 bits per heavy atom. The minimum Gasteiger partial charge on any atom is -0.607 e. The van der Waals surface area contributed by atoms with E-state index in [4.69, 9.17) is 0 Å². The molecule has 78 valence electrons. The molecule has 1 aliphatic rings. The molecule has 1 atom stereocenters. The summed E-state index contributed by atoms with van der Waals surface area (Å²) in [5.74, 6) is -1.48. The quantitative estimate of drug-likeness (QED) is 0.438. The highest BCUT2D eigenvalue weighted by Gasteiger charge is 2.33. The summed E-state index contributed by atoms with van der Waals surface area (Å²) in [7, 11) is 0. The van der Waals surface area contributed by atoms with Gasteiger partial charge in [0, 0.05) is 13.8 Å². The SMILES string of the molecule is CC(=O)N1CN(C(C)=O)[NH+]([O-])CC1=O. The number of hydroxylamine groups is 1. The van der Waals surface area contributed by atoms with Gasteiger partial charge in [0.2, 0.25) is 5.91 Å². The molecule has 0 aromatic rings. The Balaban J connectivity index is 2.80. The molecule has 0 radical (unpaired) electrons. The monoisotopic (exact) mass is 201 g/mol. The summed E-state index contributed by atoms with van der Waals surface area (Å²) in [5.41, 5.74) is 0. The number of amides is 3. The molecule has 1 unspecified atom stereocenters. The van der Waals surface area contributed by atoms with Crippen LogP contribution in [-0.4, -0.2) is 40.8 Å². The van der Waals surface area contributed by atoms with Crippen molar-refractivity contribution in [1.82, 2.24) is 9.91 Å². The van der Waals surface area contributed by atoms with Crippen LogP contribution in [0, 0.1) is 5.21 Å². The van der Waals surface area contributed by atoms with Crippen LogP contribution >= 0.6 is 0 Å². The third kappa shape index (κ3) is 1.88. The average molecular weight is 201 g/mol. The van der Waals surface area contributed by atoms with Crippen LogP contribution in [0.2, 0.25) is 0 Å². The Labute approximate surface area is 80.4 Å². The molecule has 0 spiro atoms. The van der Waals surface area contributed by atoms with Crippen LogP contribution in [-0.2, 0) is 14.4 Å². The summed E-state index contributed by atoms with van der Waals surface area (Å²) < 4.78 is 0. The van der Waals surface area contributed by atoms with Crippen LogP contribution < -0.4 is 5.17 Å². The van der Waals surface area contributed by atoms with Crippen LogP contribution in [0.1, 0.15) is 13.8 Å². The number of rotatable bonds is 0. The van der Waals surface area contributed by atoms with E-state index in [1.807, 2.05) is 0 Å². The lowest BCUT2D eigenvalue weighted by atomic mass is 10.4. The first-order valence-corrected chi connectivity index (χ1v) is 4.05. The van der Waals surface area contributed by atoms with E-state index in [1.54, 1.807) is 0 Å². The Kier molecular flexibility index (Phi) is 2.82. The smallest absolute Gasteiger partial charge is 0.288 e. The number of quaternary nitrogens is 1. The van der Waals surface area contributed by atoms with Gasteiger partial charge < -0.3 is 5.21 Å². The van der Waals surface area contributed by atoms with Crippen molar-refractivity contribution in [3.8, 4) is 0 Å². The van der Waals surface area contributed by atoms with E-state index < -0.39 is 29.4 Å². The third-order valence-corrected chi connectivity index (χ3v) is 1.95. The van der Waals surface area contributed by atoms with Gasteiger partial charge in [0.1, 0.15) is 0 Å². The molecule has 3 amide bonds. The topological polar surface area (TPSA) is 85.2 Å². The molecular weight excluding hydrogens is 190 g/mol. The Morgan fingerprint density at radius 1 is 1.36 bits per heavy atom. The Bertz CT molecular complexity index is 291.